The van der Waals surface area contributed by atoms with Gasteiger partial charge in [-0.3, -0.25) is 4.79 Å². The Morgan fingerprint density at radius 3 is 2.60 bits per heavy atom. The molecule has 1 aliphatic heterocycles. The molecule has 1 amide bonds. The number of benzene rings is 1. The molecule has 1 N–H and O–H groups in total. The monoisotopic (exact) mass is 421 g/mol. The number of fused-ring (bicyclic) bond motifs is 1. The van der Waals surface area contributed by atoms with Crippen molar-refractivity contribution >= 4 is 23.4 Å². The number of halogens is 3. The van der Waals surface area contributed by atoms with Gasteiger partial charge < -0.3 is 19.9 Å². The first kappa shape index (κ1) is 20.4. The second-order valence-corrected chi connectivity index (χ2v) is 7.52. The molecule has 1 aromatic carbocycles. The van der Waals surface area contributed by atoms with Crippen LogP contribution in [-0.4, -0.2) is 48.2 Å². The van der Waals surface area contributed by atoms with Crippen LogP contribution < -0.4 is 15.1 Å². The van der Waals surface area contributed by atoms with Gasteiger partial charge in [-0.1, -0.05) is 0 Å². The van der Waals surface area contributed by atoms with E-state index in [1.165, 1.54) is 0 Å². The minimum atomic E-state index is -1.48. The Labute approximate surface area is 171 Å². The van der Waals surface area contributed by atoms with E-state index in [-0.39, 0.29) is 36.8 Å². The van der Waals surface area contributed by atoms with Gasteiger partial charge in [-0.2, -0.15) is 4.98 Å². The number of likely N-dealkylation sites (N-methyl/N-ethyl adjacent to an activating group) is 2. The number of amides is 1. The predicted molar refractivity (Wildman–Crippen MR) is 105 cm³/mol. The average Bonchev–Trinajstić information content (AvgIpc) is 2.68. The van der Waals surface area contributed by atoms with Crippen LogP contribution in [0.25, 0.3) is 0 Å². The lowest BCUT2D eigenvalue weighted by atomic mass is 9.89. The number of aromatic nitrogens is 2. The third-order valence-corrected chi connectivity index (χ3v) is 5.35. The Balaban J connectivity index is 1.31. The molecule has 2 heterocycles. The molecule has 4 rings (SSSR count). The fraction of sp³-hybridized carbons (Fsp3) is 0.450. The maximum Gasteiger partial charge on any atom is 0.246 e. The van der Waals surface area contributed by atoms with Gasteiger partial charge in [0.2, 0.25) is 11.9 Å². The van der Waals surface area contributed by atoms with Crippen LogP contribution in [0, 0.1) is 17.5 Å². The van der Waals surface area contributed by atoms with Crippen molar-refractivity contribution in [3.63, 3.8) is 0 Å². The van der Waals surface area contributed by atoms with Crippen LogP contribution in [0.3, 0.4) is 0 Å². The molecule has 1 saturated carbocycles. The van der Waals surface area contributed by atoms with Crippen LogP contribution in [0.5, 0.6) is 0 Å². The normalized spacial score (nSPS) is 20.8. The summed E-state index contributed by atoms with van der Waals surface area (Å²) in [6.45, 7) is 2.73. The summed E-state index contributed by atoms with van der Waals surface area (Å²) < 4.78 is 45.2. The lowest BCUT2D eigenvalue weighted by molar-refractivity contribution is -0.117. The quantitative estimate of drug-likeness (QED) is 0.724. The zero-order valence-corrected chi connectivity index (χ0v) is 16.7. The molecule has 0 spiro atoms. The fourth-order valence-corrected chi connectivity index (χ4v) is 3.66. The summed E-state index contributed by atoms with van der Waals surface area (Å²) in [6, 6.07) is 1.98. The van der Waals surface area contributed by atoms with Crippen molar-refractivity contribution in [3.8, 4) is 0 Å². The van der Waals surface area contributed by atoms with E-state index in [0.717, 1.165) is 12.1 Å². The van der Waals surface area contributed by atoms with Crippen molar-refractivity contribution in [1.82, 2.24) is 9.97 Å². The van der Waals surface area contributed by atoms with Crippen molar-refractivity contribution < 1.29 is 22.7 Å². The first-order valence-corrected chi connectivity index (χ1v) is 9.75. The minimum Gasteiger partial charge on any atom is -0.373 e. The number of rotatable bonds is 6. The summed E-state index contributed by atoms with van der Waals surface area (Å²) in [5.41, 5.74) is 0.939. The largest absolute Gasteiger partial charge is 0.373 e. The van der Waals surface area contributed by atoms with Gasteiger partial charge in [0, 0.05) is 19.6 Å². The van der Waals surface area contributed by atoms with Gasteiger partial charge in [0.25, 0.3) is 0 Å². The van der Waals surface area contributed by atoms with Crippen molar-refractivity contribution in [2.45, 2.75) is 38.5 Å². The highest BCUT2D eigenvalue weighted by atomic mass is 19.2. The second kappa shape index (κ2) is 8.10. The van der Waals surface area contributed by atoms with Gasteiger partial charge in [0.1, 0.15) is 5.69 Å². The van der Waals surface area contributed by atoms with Crippen LogP contribution >= 0.6 is 0 Å². The molecule has 0 atom stereocenters. The molecule has 0 saturated heterocycles. The standard InChI is InChI=1S/C20H22F3N5O2/c1-3-28-16-8-24-20(26-19(16)27(2)9-17(28)29)25-12-6-13(7-12)30-10-11-4-14(21)18(23)15(22)5-11/h4-5,8,12-13H,3,6-7,9-10H2,1-2H3,(H,24,25,26)/t12-,13-. The maximum atomic E-state index is 13.3. The first-order chi connectivity index (χ1) is 14.4. The van der Waals surface area contributed by atoms with Gasteiger partial charge in [0.15, 0.2) is 23.3 Å². The minimum absolute atomic E-state index is 0.00648. The van der Waals surface area contributed by atoms with E-state index in [4.69, 9.17) is 4.74 Å². The summed E-state index contributed by atoms with van der Waals surface area (Å²) in [4.78, 5) is 24.4. The van der Waals surface area contributed by atoms with Crippen LogP contribution in [0.2, 0.25) is 0 Å². The highest BCUT2D eigenvalue weighted by molar-refractivity contribution is 6.02. The molecule has 1 aliphatic carbocycles. The predicted octanol–water partition coefficient (Wildman–Crippen LogP) is 2.86. The highest BCUT2D eigenvalue weighted by Crippen LogP contribution is 2.32. The van der Waals surface area contributed by atoms with E-state index in [0.29, 0.717) is 36.8 Å². The number of carbonyl (C=O) groups is 1. The molecular weight excluding hydrogens is 399 g/mol. The Morgan fingerprint density at radius 1 is 1.23 bits per heavy atom. The topological polar surface area (TPSA) is 70.6 Å². The van der Waals surface area contributed by atoms with E-state index < -0.39 is 17.5 Å². The molecule has 0 unspecified atom stereocenters. The van der Waals surface area contributed by atoms with Crippen molar-refractivity contribution in [3.05, 3.63) is 41.3 Å². The summed E-state index contributed by atoms with van der Waals surface area (Å²) in [5, 5.41) is 3.25. The zero-order chi connectivity index (χ0) is 21.4. The molecule has 2 aromatic rings. The number of ether oxygens (including phenoxy) is 1. The molecule has 30 heavy (non-hydrogen) atoms. The van der Waals surface area contributed by atoms with Crippen LogP contribution in [0.15, 0.2) is 18.3 Å². The van der Waals surface area contributed by atoms with Gasteiger partial charge >= 0.3 is 0 Å². The zero-order valence-electron chi connectivity index (χ0n) is 16.7. The fourth-order valence-electron chi connectivity index (χ4n) is 3.66. The van der Waals surface area contributed by atoms with Gasteiger partial charge in [-0.05, 0) is 37.5 Å². The molecule has 1 fully saturated rings. The number of hydrogen-bond acceptors (Lipinski definition) is 6. The van der Waals surface area contributed by atoms with Crippen LogP contribution in [-0.2, 0) is 16.1 Å². The molecule has 1 aromatic heterocycles. The van der Waals surface area contributed by atoms with Gasteiger partial charge in [0.05, 0.1) is 25.5 Å². The maximum absolute atomic E-state index is 13.3. The molecule has 2 aliphatic rings. The Hall–Kier alpha value is -2.88. The van der Waals surface area contributed by atoms with Crippen LogP contribution in [0.4, 0.5) is 30.6 Å². The number of nitrogens with zero attached hydrogens (tertiary/aromatic N) is 4. The molecule has 0 radical (unpaired) electrons. The van der Waals surface area contributed by atoms with Crippen molar-refractivity contribution in [2.24, 2.45) is 0 Å². The molecule has 10 heteroatoms. The van der Waals surface area contributed by atoms with Crippen molar-refractivity contribution in [2.75, 3.05) is 35.3 Å². The molecule has 7 nitrogen and oxygen atoms in total. The Kier molecular flexibility index (Phi) is 5.50. The number of hydrogen-bond donors (Lipinski definition) is 1. The number of carbonyl (C=O) groups excluding carboxylic acids is 1. The SMILES string of the molecule is CCN1C(=O)CN(C)c2nc(N[C@H]3C[C@H](OCc4cc(F)c(F)c(F)c4)C3)ncc21. The molecular formula is C20H22F3N5O2. The van der Waals surface area contributed by atoms with E-state index in [1.807, 2.05) is 14.0 Å². The smallest absolute Gasteiger partial charge is 0.246 e. The van der Waals surface area contributed by atoms with E-state index in [1.54, 1.807) is 16.0 Å². The third-order valence-electron chi connectivity index (χ3n) is 5.35. The number of nitrogens with one attached hydrogen (secondary N) is 1. The van der Waals surface area contributed by atoms with Gasteiger partial charge in [-0.15, -0.1) is 0 Å². The third kappa shape index (κ3) is 3.91. The summed E-state index contributed by atoms with van der Waals surface area (Å²) in [7, 11) is 1.81. The average molecular weight is 421 g/mol. The van der Waals surface area contributed by atoms with Crippen LogP contribution in [0.1, 0.15) is 25.3 Å². The van der Waals surface area contributed by atoms with Crippen molar-refractivity contribution in [1.29, 1.82) is 0 Å². The van der Waals surface area contributed by atoms with E-state index >= 15 is 0 Å². The highest BCUT2D eigenvalue weighted by Gasteiger charge is 2.32. The van der Waals surface area contributed by atoms with E-state index in [2.05, 4.69) is 15.3 Å². The summed E-state index contributed by atoms with van der Waals surface area (Å²) in [6.07, 6.45) is 2.93. The summed E-state index contributed by atoms with van der Waals surface area (Å²) >= 11 is 0. The lowest BCUT2D eigenvalue weighted by Crippen LogP contribution is -2.45. The number of anilines is 3. The molecule has 160 valence electrons. The Morgan fingerprint density at radius 2 is 1.93 bits per heavy atom. The first-order valence-electron chi connectivity index (χ1n) is 9.75. The summed E-state index contributed by atoms with van der Waals surface area (Å²) in [5.74, 6) is -2.75. The van der Waals surface area contributed by atoms with E-state index in [9.17, 15) is 18.0 Å². The second-order valence-electron chi connectivity index (χ2n) is 7.52. The van der Waals surface area contributed by atoms with Gasteiger partial charge in [-0.25, -0.2) is 18.2 Å². The molecule has 0 bridgehead atoms. The lowest BCUT2D eigenvalue weighted by Gasteiger charge is -2.36. The Bertz CT molecular complexity index is 944.